The number of aryl methyl sites for hydroxylation is 1. The number of carbonyl (C=O) groups excluding carboxylic acids is 1. The molecule has 0 aliphatic rings. The first-order valence-corrected chi connectivity index (χ1v) is 6.00. The van der Waals surface area contributed by atoms with E-state index >= 15 is 0 Å². The van der Waals surface area contributed by atoms with Crippen molar-refractivity contribution >= 4 is 16.8 Å². The maximum atomic E-state index is 11.2. The summed E-state index contributed by atoms with van der Waals surface area (Å²) in [5.41, 5.74) is 8.80. The molecule has 3 rings (SSSR count). The molecule has 0 radical (unpaired) electrons. The highest BCUT2D eigenvalue weighted by Crippen LogP contribution is 2.20. The van der Waals surface area contributed by atoms with Gasteiger partial charge in [0.15, 0.2) is 0 Å². The molecule has 0 aliphatic carbocycles. The summed E-state index contributed by atoms with van der Waals surface area (Å²) in [6.45, 7) is 2.04. The number of amides is 1. The van der Waals surface area contributed by atoms with Gasteiger partial charge in [-0.3, -0.25) is 4.79 Å². The Kier molecular flexibility index (Phi) is 2.56. The number of nitrogens with zero attached hydrogens (tertiary/aromatic N) is 2. The lowest BCUT2D eigenvalue weighted by atomic mass is 10.1. The number of aromatic nitrogens is 2. The van der Waals surface area contributed by atoms with Crippen LogP contribution < -0.4 is 5.73 Å². The Morgan fingerprint density at radius 2 is 2.05 bits per heavy atom. The maximum absolute atomic E-state index is 11.2. The fourth-order valence-electron chi connectivity index (χ4n) is 2.13. The maximum Gasteiger partial charge on any atom is 0.248 e. The molecule has 1 heterocycles. The van der Waals surface area contributed by atoms with Gasteiger partial charge < -0.3 is 5.73 Å². The van der Waals surface area contributed by atoms with Crippen LogP contribution in [0, 0.1) is 6.92 Å². The molecule has 4 nitrogen and oxygen atoms in total. The van der Waals surface area contributed by atoms with Crippen molar-refractivity contribution in [2.24, 2.45) is 5.73 Å². The molecule has 0 spiro atoms. The second kappa shape index (κ2) is 4.24. The molecule has 94 valence electrons. The number of nitrogens with two attached hydrogens (primary N) is 1. The van der Waals surface area contributed by atoms with Gasteiger partial charge in [-0.25, -0.2) is 4.68 Å². The Balaban J connectivity index is 2.21. The van der Waals surface area contributed by atoms with Gasteiger partial charge in [0.1, 0.15) is 0 Å². The van der Waals surface area contributed by atoms with Crippen LogP contribution in [0.15, 0.2) is 48.7 Å². The first-order chi connectivity index (χ1) is 9.15. The third-order valence-corrected chi connectivity index (χ3v) is 3.10. The molecular formula is C15H13N3O. The van der Waals surface area contributed by atoms with E-state index in [-0.39, 0.29) is 0 Å². The Labute approximate surface area is 110 Å². The number of primary amides is 1. The summed E-state index contributed by atoms with van der Waals surface area (Å²) in [4.78, 5) is 11.2. The Bertz CT molecular complexity index is 774. The summed E-state index contributed by atoms with van der Waals surface area (Å²) < 4.78 is 1.81. The Hall–Kier alpha value is -2.62. The molecule has 19 heavy (non-hydrogen) atoms. The predicted molar refractivity (Wildman–Crippen MR) is 74.3 cm³/mol. The van der Waals surface area contributed by atoms with Crippen molar-refractivity contribution in [3.05, 3.63) is 59.8 Å². The largest absolute Gasteiger partial charge is 0.366 e. The summed E-state index contributed by atoms with van der Waals surface area (Å²) in [5, 5.41) is 5.44. The lowest BCUT2D eigenvalue weighted by molar-refractivity contribution is 0.100. The van der Waals surface area contributed by atoms with Gasteiger partial charge in [-0.15, -0.1) is 0 Å². The first kappa shape index (κ1) is 11.5. The average Bonchev–Trinajstić information content (AvgIpc) is 2.81. The number of rotatable bonds is 2. The minimum Gasteiger partial charge on any atom is -0.366 e. The quantitative estimate of drug-likeness (QED) is 0.760. The van der Waals surface area contributed by atoms with E-state index in [1.54, 1.807) is 18.2 Å². The van der Waals surface area contributed by atoms with Crippen molar-refractivity contribution in [1.29, 1.82) is 0 Å². The fraction of sp³-hybridized carbons (Fsp3) is 0.0667. The summed E-state index contributed by atoms with van der Waals surface area (Å²) >= 11 is 0. The number of fused-ring (bicyclic) bond motifs is 1. The molecule has 4 heteroatoms. The summed E-state index contributed by atoms with van der Waals surface area (Å²) in [6, 6.07) is 13.3. The number of benzene rings is 2. The van der Waals surface area contributed by atoms with E-state index in [1.165, 1.54) is 5.56 Å². The van der Waals surface area contributed by atoms with Crippen LogP contribution in [0.25, 0.3) is 16.6 Å². The molecule has 0 bridgehead atoms. The van der Waals surface area contributed by atoms with Crippen molar-refractivity contribution < 1.29 is 4.79 Å². The van der Waals surface area contributed by atoms with Crippen LogP contribution in [-0.2, 0) is 0 Å². The zero-order chi connectivity index (χ0) is 13.4. The zero-order valence-electron chi connectivity index (χ0n) is 10.5. The van der Waals surface area contributed by atoms with Gasteiger partial charge in [-0.1, -0.05) is 18.2 Å². The summed E-state index contributed by atoms with van der Waals surface area (Å²) in [5.74, 6) is -0.436. The van der Waals surface area contributed by atoms with Gasteiger partial charge in [0, 0.05) is 10.9 Å². The third kappa shape index (κ3) is 1.97. The monoisotopic (exact) mass is 251 g/mol. The van der Waals surface area contributed by atoms with Gasteiger partial charge >= 0.3 is 0 Å². The zero-order valence-corrected chi connectivity index (χ0v) is 10.5. The first-order valence-electron chi connectivity index (χ1n) is 6.00. The smallest absolute Gasteiger partial charge is 0.248 e. The van der Waals surface area contributed by atoms with Crippen molar-refractivity contribution in [1.82, 2.24) is 9.78 Å². The van der Waals surface area contributed by atoms with E-state index in [9.17, 15) is 4.79 Å². The standard InChI is InChI=1S/C15H13N3O/c1-10-5-6-12-9-17-18(14(12)7-10)13-4-2-3-11(8-13)15(16)19/h2-9H,1H3,(H2,16,19). The van der Waals surface area contributed by atoms with E-state index in [2.05, 4.69) is 11.2 Å². The van der Waals surface area contributed by atoms with E-state index < -0.39 is 5.91 Å². The molecule has 1 aromatic heterocycles. The molecule has 0 aliphatic heterocycles. The minimum atomic E-state index is -0.436. The summed E-state index contributed by atoms with van der Waals surface area (Å²) in [7, 11) is 0. The van der Waals surface area contributed by atoms with Crippen LogP contribution in [0.4, 0.5) is 0 Å². The topological polar surface area (TPSA) is 60.9 Å². The van der Waals surface area contributed by atoms with Crippen LogP contribution in [-0.4, -0.2) is 15.7 Å². The Morgan fingerprint density at radius 1 is 1.21 bits per heavy atom. The van der Waals surface area contributed by atoms with Crippen LogP contribution in [0.3, 0.4) is 0 Å². The molecule has 0 unspecified atom stereocenters. The SMILES string of the molecule is Cc1ccc2cnn(-c3cccc(C(N)=O)c3)c2c1. The molecule has 0 fully saturated rings. The average molecular weight is 251 g/mol. The third-order valence-electron chi connectivity index (χ3n) is 3.10. The molecule has 2 N–H and O–H groups in total. The van der Waals surface area contributed by atoms with E-state index in [0.717, 1.165) is 16.6 Å². The lowest BCUT2D eigenvalue weighted by Crippen LogP contribution is -2.11. The van der Waals surface area contributed by atoms with E-state index in [0.29, 0.717) is 5.56 Å². The number of carbonyl (C=O) groups is 1. The Morgan fingerprint density at radius 3 is 2.84 bits per heavy atom. The second-order valence-electron chi connectivity index (χ2n) is 4.53. The molecule has 0 saturated carbocycles. The molecule has 0 atom stereocenters. The van der Waals surface area contributed by atoms with Gasteiger partial charge in [-0.05, 0) is 36.8 Å². The van der Waals surface area contributed by atoms with Crippen molar-refractivity contribution in [3.8, 4) is 5.69 Å². The van der Waals surface area contributed by atoms with E-state index in [1.807, 2.05) is 36.0 Å². The van der Waals surface area contributed by atoms with Crippen LogP contribution in [0.2, 0.25) is 0 Å². The highest BCUT2D eigenvalue weighted by molar-refractivity contribution is 5.93. The highest BCUT2D eigenvalue weighted by atomic mass is 16.1. The summed E-state index contributed by atoms with van der Waals surface area (Å²) in [6.07, 6.45) is 1.81. The molecule has 3 aromatic rings. The highest BCUT2D eigenvalue weighted by Gasteiger charge is 2.07. The number of hydrogen-bond donors (Lipinski definition) is 1. The molecule has 2 aromatic carbocycles. The minimum absolute atomic E-state index is 0.436. The fourth-order valence-corrected chi connectivity index (χ4v) is 2.13. The predicted octanol–water partition coefficient (Wildman–Crippen LogP) is 2.43. The van der Waals surface area contributed by atoms with Crippen molar-refractivity contribution in [2.75, 3.05) is 0 Å². The van der Waals surface area contributed by atoms with Gasteiger partial charge in [0.05, 0.1) is 17.4 Å². The second-order valence-corrected chi connectivity index (χ2v) is 4.53. The lowest BCUT2D eigenvalue weighted by Gasteiger charge is -2.05. The molecule has 1 amide bonds. The van der Waals surface area contributed by atoms with Gasteiger partial charge in [0.2, 0.25) is 5.91 Å². The molecular weight excluding hydrogens is 238 g/mol. The van der Waals surface area contributed by atoms with E-state index in [4.69, 9.17) is 5.73 Å². The molecule has 0 saturated heterocycles. The van der Waals surface area contributed by atoms with Crippen LogP contribution >= 0.6 is 0 Å². The van der Waals surface area contributed by atoms with Crippen molar-refractivity contribution in [2.45, 2.75) is 6.92 Å². The van der Waals surface area contributed by atoms with Crippen LogP contribution in [0.1, 0.15) is 15.9 Å². The number of hydrogen-bond acceptors (Lipinski definition) is 2. The normalized spacial score (nSPS) is 10.8. The van der Waals surface area contributed by atoms with Crippen molar-refractivity contribution in [3.63, 3.8) is 0 Å². The van der Waals surface area contributed by atoms with Crippen LogP contribution in [0.5, 0.6) is 0 Å². The van der Waals surface area contributed by atoms with Gasteiger partial charge in [-0.2, -0.15) is 5.10 Å². The van der Waals surface area contributed by atoms with Gasteiger partial charge in [0.25, 0.3) is 0 Å².